The second-order valence-corrected chi connectivity index (χ2v) is 5.72. The van der Waals surface area contributed by atoms with Gasteiger partial charge in [-0.15, -0.1) is 0 Å². The Morgan fingerprint density at radius 1 is 1.00 bits per heavy atom. The maximum absolute atomic E-state index is 11.9. The first-order chi connectivity index (χ1) is 7.27. The average Bonchev–Trinajstić information content (AvgIpc) is 2.94. The van der Waals surface area contributed by atoms with Crippen molar-refractivity contribution in [3.63, 3.8) is 0 Å². The van der Waals surface area contributed by atoms with E-state index in [9.17, 15) is 4.79 Å². The van der Waals surface area contributed by atoms with Crippen molar-refractivity contribution in [2.24, 2.45) is 17.8 Å². The monoisotopic (exact) mass is 208 g/mol. The van der Waals surface area contributed by atoms with Crippen LogP contribution in [0.4, 0.5) is 0 Å². The van der Waals surface area contributed by atoms with Crippen molar-refractivity contribution >= 4 is 5.78 Å². The molecule has 2 aliphatic carbocycles. The fraction of sp³-hybridized carbons (Fsp3) is 0.929. The van der Waals surface area contributed by atoms with Crippen LogP contribution in [0.1, 0.15) is 64.7 Å². The molecule has 0 saturated heterocycles. The van der Waals surface area contributed by atoms with Crippen LogP contribution in [0.25, 0.3) is 0 Å². The van der Waals surface area contributed by atoms with Crippen LogP contribution in [0.2, 0.25) is 0 Å². The standard InChI is InChI=1S/C14H24O/c1-11-7-5-3-2-4-6-8-12-10-13(12)14(15)9-11/h11-13H,2-10H2,1H3/t11-,12+,13-/m0/s1. The number of hydrogen-bond donors (Lipinski definition) is 0. The number of Topliss-reactive ketones (excluding diaryl/α,β-unsaturated/α-hetero) is 1. The predicted octanol–water partition coefficient (Wildman–Crippen LogP) is 3.96. The molecule has 2 saturated carbocycles. The maximum atomic E-state index is 11.9. The van der Waals surface area contributed by atoms with E-state index in [1.165, 1.54) is 51.4 Å². The Morgan fingerprint density at radius 2 is 1.67 bits per heavy atom. The van der Waals surface area contributed by atoms with E-state index in [0.717, 1.165) is 12.3 Å². The first kappa shape index (κ1) is 11.2. The molecule has 0 aromatic carbocycles. The highest BCUT2D eigenvalue weighted by molar-refractivity contribution is 5.83. The minimum absolute atomic E-state index is 0.479. The first-order valence-electron chi connectivity index (χ1n) is 6.80. The van der Waals surface area contributed by atoms with E-state index in [1.54, 1.807) is 0 Å². The van der Waals surface area contributed by atoms with E-state index < -0.39 is 0 Å². The molecule has 0 heterocycles. The Kier molecular flexibility index (Phi) is 3.82. The van der Waals surface area contributed by atoms with Crippen LogP contribution in [0, 0.1) is 17.8 Å². The third kappa shape index (κ3) is 3.32. The van der Waals surface area contributed by atoms with Gasteiger partial charge in [-0.3, -0.25) is 4.79 Å². The van der Waals surface area contributed by atoms with Gasteiger partial charge >= 0.3 is 0 Å². The molecule has 0 aromatic heterocycles. The van der Waals surface area contributed by atoms with Gasteiger partial charge in [0.2, 0.25) is 0 Å². The third-order valence-electron chi connectivity index (χ3n) is 4.16. The Balaban J connectivity index is 1.83. The van der Waals surface area contributed by atoms with E-state index in [1.807, 2.05) is 0 Å². The Labute approximate surface area is 93.6 Å². The molecule has 0 N–H and O–H groups in total. The summed E-state index contributed by atoms with van der Waals surface area (Å²) in [6, 6.07) is 0. The first-order valence-corrected chi connectivity index (χ1v) is 6.80. The SMILES string of the molecule is C[C@H]1CCCCCCC[C@@H]2C[C@@H]2C(=O)C1. The van der Waals surface area contributed by atoms with E-state index in [-0.39, 0.29) is 0 Å². The molecule has 0 radical (unpaired) electrons. The molecule has 0 aliphatic heterocycles. The lowest BCUT2D eigenvalue weighted by Crippen LogP contribution is -2.09. The van der Waals surface area contributed by atoms with Crippen LogP contribution in [-0.4, -0.2) is 5.78 Å². The number of ketones is 1. The highest BCUT2D eigenvalue weighted by Gasteiger charge is 2.41. The van der Waals surface area contributed by atoms with Crippen molar-refractivity contribution in [3.8, 4) is 0 Å². The second kappa shape index (κ2) is 5.14. The summed E-state index contributed by atoms with van der Waals surface area (Å²) < 4.78 is 0. The number of fused-ring (bicyclic) bond motifs is 1. The lowest BCUT2D eigenvalue weighted by atomic mass is 9.93. The average molecular weight is 208 g/mol. The summed E-state index contributed by atoms with van der Waals surface area (Å²) in [5, 5.41) is 0. The quantitative estimate of drug-likeness (QED) is 0.589. The van der Waals surface area contributed by atoms with Crippen molar-refractivity contribution in [3.05, 3.63) is 0 Å². The van der Waals surface area contributed by atoms with E-state index in [0.29, 0.717) is 17.6 Å². The number of carbonyl (C=O) groups excluding carboxylic acids is 1. The Morgan fingerprint density at radius 3 is 2.47 bits per heavy atom. The molecule has 0 spiro atoms. The summed E-state index contributed by atoms with van der Waals surface area (Å²) in [7, 11) is 0. The fourth-order valence-corrected chi connectivity index (χ4v) is 2.99. The van der Waals surface area contributed by atoms with Crippen molar-refractivity contribution in [1.82, 2.24) is 0 Å². The largest absolute Gasteiger partial charge is 0.299 e. The van der Waals surface area contributed by atoms with Crippen LogP contribution < -0.4 is 0 Å². The summed E-state index contributed by atoms with van der Waals surface area (Å²) in [5.74, 6) is 2.47. The number of hydrogen-bond acceptors (Lipinski definition) is 1. The molecule has 2 rings (SSSR count). The molecule has 2 aliphatic rings. The van der Waals surface area contributed by atoms with Crippen LogP contribution in [0.5, 0.6) is 0 Å². The Hall–Kier alpha value is -0.330. The predicted molar refractivity (Wildman–Crippen MR) is 62.7 cm³/mol. The molecule has 0 aromatic rings. The maximum Gasteiger partial charge on any atom is 0.136 e. The van der Waals surface area contributed by atoms with Gasteiger partial charge in [0, 0.05) is 12.3 Å². The molecule has 2 fully saturated rings. The molecule has 0 amide bonds. The van der Waals surface area contributed by atoms with Gasteiger partial charge in [-0.05, 0) is 24.7 Å². The molecule has 0 bridgehead atoms. The van der Waals surface area contributed by atoms with E-state index >= 15 is 0 Å². The zero-order chi connectivity index (χ0) is 10.7. The molecular weight excluding hydrogens is 184 g/mol. The van der Waals surface area contributed by atoms with Gasteiger partial charge in [0.1, 0.15) is 5.78 Å². The van der Waals surface area contributed by atoms with Gasteiger partial charge < -0.3 is 0 Å². The van der Waals surface area contributed by atoms with Gasteiger partial charge in [0.25, 0.3) is 0 Å². The normalized spacial score (nSPS) is 38.7. The van der Waals surface area contributed by atoms with Gasteiger partial charge in [-0.1, -0.05) is 45.4 Å². The van der Waals surface area contributed by atoms with Crippen LogP contribution in [0.3, 0.4) is 0 Å². The lowest BCUT2D eigenvalue weighted by molar-refractivity contribution is -0.121. The van der Waals surface area contributed by atoms with Gasteiger partial charge in [-0.25, -0.2) is 0 Å². The van der Waals surface area contributed by atoms with E-state index in [2.05, 4.69) is 6.92 Å². The number of carbonyl (C=O) groups is 1. The van der Waals surface area contributed by atoms with Crippen LogP contribution in [0.15, 0.2) is 0 Å². The lowest BCUT2D eigenvalue weighted by Gasteiger charge is -2.11. The van der Waals surface area contributed by atoms with Crippen LogP contribution >= 0.6 is 0 Å². The minimum Gasteiger partial charge on any atom is -0.299 e. The van der Waals surface area contributed by atoms with E-state index in [4.69, 9.17) is 0 Å². The topological polar surface area (TPSA) is 17.1 Å². The smallest absolute Gasteiger partial charge is 0.136 e. The Bertz CT molecular complexity index is 221. The second-order valence-electron chi connectivity index (χ2n) is 5.72. The van der Waals surface area contributed by atoms with Crippen LogP contribution in [-0.2, 0) is 4.79 Å². The molecule has 1 heteroatoms. The van der Waals surface area contributed by atoms with Gasteiger partial charge in [0.15, 0.2) is 0 Å². The summed E-state index contributed by atoms with van der Waals surface area (Å²) in [6.45, 7) is 2.25. The summed E-state index contributed by atoms with van der Waals surface area (Å²) >= 11 is 0. The fourth-order valence-electron chi connectivity index (χ4n) is 2.99. The summed E-state index contributed by atoms with van der Waals surface area (Å²) in [4.78, 5) is 11.9. The van der Waals surface area contributed by atoms with Gasteiger partial charge in [-0.2, -0.15) is 0 Å². The van der Waals surface area contributed by atoms with Crippen molar-refractivity contribution in [1.29, 1.82) is 0 Å². The van der Waals surface area contributed by atoms with Crippen molar-refractivity contribution < 1.29 is 4.79 Å². The minimum atomic E-state index is 0.479. The van der Waals surface area contributed by atoms with Crippen molar-refractivity contribution in [2.75, 3.05) is 0 Å². The number of rotatable bonds is 0. The molecular formula is C14H24O. The molecule has 86 valence electrons. The zero-order valence-electron chi connectivity index (χ0n) is 10.0. The van der Waals surface area contributed by atoms with Crippen molar-refractivity contribution in [2.45, 2.75) is 64.7 Å². The molecule has 15 heavy (non-hydrogen) atoms. The van der Waals surface area contributed by atoms with Gasteiger partial charge in [0.05, 0.1) is 0 Å². The molecule has 1 nitrogen and oxygen atoms in total. The highest BCUT2D eigenvalue weighted by atomic mass is 16.1. The molecule has 0 unspecified atom stereocenters. The third-order valence-corrected chi connectivity index (χ3v) is 4.16. The summed E-state index contributed by atoms with van der Waals surface area (Å²) in [6.07, 6.45) is 11.6. The highest BCUT2D eigenvalue weighted by Crippen LogP contribution is 2.44. The zero-order valence-corrected chi connectivity index (χ0v) is 10.0. The summed E-state index contributed by atoms with van der Waals surface area (Å²) in [5.41, 5.74) is 0. The molecule has 3 atom stereocenters.